The van der Waals surface area contributed by atoms with E-state index in [9.17, 15) is 0 Å². The van der Waals surface area contributed by atoms with Crippen LogP contribution >= 0.6 is 11.6 Å². The van der Waals surface area contributed by atoms with E-state index >= 15 is 0 Å². The van der Waals surface area contributed by atoms with Crippen molar-refractivity contribution in [3.63, 3.8) is 0 Å². The van der Waals surface area contributed by atoms with Crippen molar-refractivity contribution in [2.75, 3.05) is 0 Å². The van der Waals surface area contributed by atoms with Crippen LogP contribution in [0.5, 0.6) is 0 Å². The standard InChI is InChI=1S/C12H16Cl/c1-4-5-10-6-7-11(13)8-12(10)9(2)3/h5-9H,4H2,1-3H3. The van der Waals surface area contributed by atoms with Gasteiger partial charge in [0.1, 0.15) is 0 Å². The zero-order valence-corrected chi connectivity index (χ0v) is 9.23. The quantitative estimate of drug-likeness (QED) is 0.670. The lowest BCUT2D eigenvalue weighted by atomic mass is 9.95. The molecule has 1 heteroatoms. The van der Waals surface area contributed by atoms with E-state index in [0.717, 1.165) is 11.4 Å². The van der Waals surface area contributed by atoms with E-state index in [1.54, 1.807) is 0 Å². The molecule has 0 unspecified atom stereocenters. The predicted octanol–water partition coefficient (Wildman–Crippen LogP) is 4.43. The Kier molecular flexibility index (Phi) is 3.80. The highest BCUT2D eigenvalue weighted by Gasteiger charge is 2.06. The van der Waals surface area contributed by atoms with Gasteiger partial charge in [-0.3, -0.25) is 0 Å². The van der Waals surface area contributed by atoms with Crippen LogP contribution in [0.15, 0.2) is 18.2 Å². The Balaban J connectivity index is 3.03. The molecule has 71 valence electrons. The van der Waals surface area contributed by atoms with Gasteiger partial charge in [0, 0.05) is 5.02 Å². The fourth-order valence-corrected chi connectivity index (χ4v) is 1.63. The van der Waals surface area contributed by atoms with Crippen LogP contribution in [0.4, 0.5) is 0 Å². The molecule has 0 amide bonds. The van der Waals surface area contributed by atoms with Gasteiger partial charge >= 0.3 is 0 Å². The van der Waals surface area contributed by atoms with Crippen LogP contribution in [-0.4, -0.2) is 0 Å². The van der Waals surface area contributed by atoms with Crippen molar-refractivity contribution >= 4 is 11.6 Å². The van der Waals surface area contributed by atoms with Crippen molar-refractivity contribution in [3.8, 4) is 0 Å². The van der Waals surface area contributed by atoms with Crippen molar-refractivity contribution in [1.29, 1.82) is 0 Å². The second-order valence-corrected chi connectivity index (χ2v) is 3.98. The largest absolute Gasteiger partial charge is 0.0843 e. The molecule has 0 heterocycles. The monoisotopic (exact) mass is 195 g/mol. The van der Waals surface area contributed by atoms with Gasteiger partial charge in [-0.1, -0.05) is 38.4 Å². The van der Waals surface area contributed by atoms with Crippen molar-refractivity contribution in [2.45, 2.75) is 33.1 Å². The molecule has 0 aliphatic carbocycles. The molecule has 0 atom stereocenters. The summed E-state index contributed by atoms with van der Waals surface area (Å²) in [5.41, 5.74) is 2.66. The third-order valence-corrected chi connectivity index (χ3v) is 2.33. The summed E-state index contributed by atoms with van der Waals surface area (Å²) in [5, 5.41) is 0.831. The molecular weight excluding hydrogens is 180 g/mol. The molecule has 0 aromatic heterocycles. The maximum absolute atomic E-state index is 5.95. The molecule has 0 fully saturated rings. The highest BCUT2D eigenvalue weighted by atomic mass is 35.5. The Hall–Kier alpha value is -0.490. The third-order valence-electron chi connectivity index (χ3n) is 2.09. The fourth-order valence-electron chi connectivity index (χ4n) is 1.45. The lowest BCUT2D eigenvalue weighted by Crippen LogP contribution is -1.94. The number of hydrogen-bond acceptors (Lipinski definition) is 0. The minimum atomic E-state index is 0.538. The number of rotatable bonds is 3. The van der Waals surface area contributed by atoms with Gasteiger partial charge in [0.25, 0.3) is 0 Å². The number of benzene rings is 1. The first kappa shape index (κ1) is 10.6. The minimum Gasteiger partial charge on any atom is -0.0843 e. The molecule has 1 radical (unpaired) electrons. The fraction of sp³-hybridized carbons (Fsp3) is 0.417. The van der Waals surface area contributed by atoms with Crippen molar-refractivity contribution in [1.82, 2.24) is 0 Å². The van der Waals surface area contributed by atoms with E-state index in [0.29, 0.717) is 5.92 Å². The van der Waals surface area contributed by atoms with Gasteiger partial charge in [0.2, 0.25) is 0 Å². The first-order valence-electron chi connectivity index (χ1n) is 4.77. The van der Waals surface area contributed by atoms with Crippen LogP contribution in [0.1, 0.15) is 44.2 Å². The van der Waals surface area contributed by atoms with Gasteiger partial charge in [0.05, 0.1) is 0 Å². The Bertz CT molecular complexity index is 276. The first-order chi connectivity index (χ1) is 6.15. The lowest BCUT2D eigenvalue weighted by molar-refractivity contribution is 0.854. The zero-order valence-electron chi connectivity index (χ0n) is 8.47. The summed E-state index contributed by atoms with van der Waals surface area (Å²) in [6, 6.07) is 6.11. The van der Waals surface area contributed by atoms with Crippen molar-refractivity contribution in [2.24, 2.45) is 0 Å². The summed E-state index contributed by atoms with van der Waals surface area (Å²) < 4.78 is 0. The molecule has 0 aliphatic rings. The van der Waals surface area contributed by atoms with E-state index in [4.69, 9.17) is 11.6 Å². The van der Waals surface area contributed by atoms with Crippen molar-refractivity contribution in [3.05, 3.63) is 40.8 Å². The predicted molar refractivity (Wildman–Crippen MR) is 59.2 cm³/mol. The van der Waals surface area contributed by atoms with Gasteiger partial charge in [-0.2, -0.15) is 0 Å². The highest BCUT2D eigenvalue weighted by molar-refractivity contribution is 6.30. The molecule has 1 rings (SSSR count). The average molecular weight is 196 g/mol. The SMILES string of the molecule is CC[CH]c1ccc(Cl)cc1C(C)C. The summed E-state index contributed by atoms with van der Waals surface area (Å²) in [7, 11) is 0. The van der Waals surface area contributed by atoms with E-state index in [1.807, 2.05) is 6.07 Å². The van der Waals surface area contributed by atoms with Crippen LogP contribution in [0.2, 0.25) is 5.02 Å². The molecule has 1 aromatic carbocycles. The van der Waals surface area contributed by atoms with E-state index < -0.39 is 0 Å². The molecule has 0 nitrogen and oxygen atoms in total. The second kappa shape index (κ2) is 4.66. The zero-order chi connectivity index (χ0) is 9.84. The summed E-state index contributed by atoms with van der Waals surface area (Å²) >= 11 is 5.95. The molecule has 0 bridgehead atoms. The van der Waals surface area contributed by atoms with Gasteiger partial charge < -0.3 is 0 Å². The average Bonchev–Trinajstić information content (AvgIpc) is 2.08. The Labute approximate surface area is 85.9 Å². The van der Waals surface area contributed by atoms with Crippen LogP contribution in [0.25, 0.3) is 0 Å². The van der Waals surface area contributed by atoms with Gasteiger partial charge in [-0.15, -0.1) is 0 Å². The molecular formula is C12H16Cl. The topological polar surface area (TPSA) is 0 Å². The van der Waals surface area contributed by atoms with Gasteiger partial charge in [-0.05, 0) is 42.0 Å². The van der Waals surface area contributed by atoms with E-state index in [2.05, 4.69) is 39.3 Å². The Morgan fingerprint density at radius 3 is 2.62 bits per heavy atom. The van der Waals surface area contributed by atoms with E-state index in [1.165, 1.54) is 11.1 Å². The van der Waals surface area contributed by atoms with Gasteiger partial charge in [-0.25, -0.2) is 0 Å². The molecule has 0 spiro atoms. The van der Waals surface area contributed by atoms with Crippen molar-refractivity contribution < 1.29 is 0 Å². The van der Waals surface area contributed by atoms with Crippen LogP contribution in [0, 0.1) is 6.42 Å². The third kappa shape index (κ3) is 2.73. The molecule has 0 saturated carbocycles. The maximum atomic E-state index is 5.95. The molecule has 0 N–H and O–H groups in total. The summed E-state index contributed by atoms with van der Waals surface area (Å²) in [5.74, 6) is 0.538. The van der Waals surface area contributed by atoms with Crippen LogP contribution < -0.4 is 0 Å². The Morgan fingerprint density at radius 2 is 2.08 bits per heavy atom. The molecule has 0 aliphatic heterocycles. The summed E-state index contributed by atoms with van der Waals surface area (Å²) in [6.45, 7) is 6.54. The smallest absolute Gasteiger partial charge is 0.0409 e. The number of halogens is 1. The first-order valence-corrected chi connectivity index (χ1v) is 5.15. The van der Waals surface area contributed by atoms with Crippen LogP contribution in [-0.2, 0) is 0 Å². The Morgan fingerprint density at radius 1 is 1.38 bits per heavy atom. The van der Waals surface area contributed by atoms with Gasteiger partial charge in [0.15, 0.2) is 0 Å². The highest BCUT2D eigenvalue weighted by Crippen LogP contribution is 2.25. The second-order valence-electron chi connectivity index (χ2n) is 3.54. The molecule has 1 aromatic rings. The normalized spacial score (nSPS) is 10.8. The molecule has 0 saturated heterocycles. The minimum absolute atomic E-state index is 0.538. The maximum Gasteiger partial charge on any atom is 0.0409 e. The lowest BCUT2D eigenvalue weighted by Gasteiger charge is -2.12. The number of hydrogen-bond donors (Lipinski definition) is 0. The van der Waals surface area contributed by atoms with Crippen LogP contribution in [0.3, 0.4) is 0 Å². The van der Waals surface area contributed by atoms with E-state index in [-0.39, 0.29) is 0 Å². The summed E-state index contributed by atoms with van der Waals surface area (Å²) in [4.78, 5) is 0. The molecule has 13 heavy (non-hydrogen) atoms. The summed E-state index contributed by atoms with van der Waals surface area (Å²) in [6.07, 6.45) is 3.31.